The summed E-state index contributed by atoms with van der Waals surface area (Å²) in [6.07, 6.45) is 8.44. The van der Waals surface area contributed by atoms with Crippen molar-refractivity contribution in [2.45, 2.75) is 32.1 Å². The average Bonchev–Trinajstić information content (AvgIpc) is 2.53. The fraction of sp³-hybridized carbons (Fsp3) is 0.778. The molecule has 0 radical (unpaired) electrons. The highest BCUT2D eigenvalue weighted by Gasteiger charge is 2.16. The topological polar surface area (TPSA) is 35.0 Å². The van der Waals surface area contributed by atoms with Crippen LogP contribution in [0.4, 0.5) is 0 Å². The minimum absolute atomic E-state index is 0.679. The van der Waals surface area contributed by atoms with Crippen LogP contribution in [-0.2, 0) is 0 Å². The van der Waals surface area contributed by atoms with Crippen LogP contribution in [-0.4, -0.2) is 15.4 Å². The molecule has 0 unspecified atom stereocenters. The SMILES string of the molecule is c1nsnc1OCCCC1CCC1. The maximum Gasteiger partial charge on any atom is 0.245 e. The molecule has 0 amide bonds. The summed E-state index contributed by atoms with van der Waals surface area (Å²) in [5.74, 6) is 1.66. The van der Waals surface area contributed by atoms with Crippen molar-refractivity contribution in [2.24, 2.45) is 5.92 Å². The van der Waals surface area contributed by atoms with E-state index in [2.05, 4.69) is 8.75 Å². The molecule has 13 heavy (non-hydrogen) atoms. The second-order valence-corrected chi connectivity index (χ2v) is 4.09. The Bertz CT molecular complexity index is 234. The van der Waals surface area contributed by atoms with E-state index >= 15 is 0 Å². The zero-order valence-corrected chi connectivity index (χ0v) is 8.42. The van der Waals surface area contributed by atoms with Crippen molar-refractivity contribution in [1.29, 1.82) is 0 Å². The number of hydrogen-bond acceptors (Lipinski definition) is 4. The Morgan fingerprint density at radius 1 is 1.54 bits per heavy atom. The molecule has 1 heterocycles. The van der Waals surface area contributed by atoms with Gasteiger partial charge in [0.15, 0.2) is 0 Å². The van der Waals surface area contributed by atoms with Crippen molar-refractivity contribution in [3.63, 3.8) is 0 Å². The normalized spacial score (nSPS) is 16.9. The standard InChI is InChI=1S/C9H14N2OS/c1-3-8(4-1)5-2-6-12-9-7-10-13-11-9/h7-8H,1-6H2. The van der Waals surface area contributed by atoms with Gasteiger partial charge in [-0.25, -0.2) is 0 Å². The largest absolute Gasteiger partial charge is 0.476 e. The lowest BCUT2D eigenvalue weighted by atomic mass is 9.82. The van der Waals surface area contributed by atoms with Gasteiger partial charge in [0.25, 0.3) is 0 Å². The van der Waals surface area contributed by atoms with Gasteiger partial charge in [0.05, 0.1) is 18.3 Å². The van der Waals surface area contributed by atoms with Crippen molar-refractivity contribution in [2.75, 3.05) is 6.61 Å². The summed E-state index contributed by atoms with van der Waals surface area (Å²) in [4.78, 5) is 0. The Kier molecular flexibility index (Phi) is 3.13. The predicted molar refractivity (Wildman–Crippen MR) is 52.0 cm³/mol. The van der Waals surface area contributed by atoms with Crippen LogP contribution in [0, 0.1) is 5.92 Å². The fourth-order valence-electron chi connectivity index (χ4n) is 1.55. The summed E-state index contributed by atoms with van der Waals surface area (Å²) >= 11 is 1.19. The Balaban J connectivity index is 1.53. The third-order valence-corrected chi connectivity index (χ3v) is 3.03. The van der Waals surface area contributed by atoms with Crippen molar-refractivity contribution in [3.8, 4) is 5.88 Å². The number of hydrogen-bond donors (Lipinski definition) is 0. The molecule has 1 aromatic rings. The molecule has 1 aliphatic carbocycles. The fourth-order valence-corrected chi connectivity index (χ4v) is 1.91. The Labute approximate surface area is 82.5 Å². The summed E-state index contributed by atoms with van der Waals surface area (Å²) in [6, 6.07) is 0. The van der Waals surface area contributed by atoms with E-state index in [0.29, 0.717) is 5.88 Å². The van der Waals surface area contributed by atoms with E-state index in [1.54, 1.807) is 6.20 Å². The van der Waals surface area contributed by atoms with E-state index < -0.39 is 0 Å². The van der Waals surface area contributed by atoms with E-state index in [1.165, 1.54) is 37.4 Å². The van der Waals surface area contributed by atoms with E-state index in [4.69, 9.17) is 4.74 Å². The van der Waals surface area contributed by atoms with Crippen LogP contribution in [0.2, 0.25) is 0 Å². The minimum Gasteiger partial charge on any atom is -0.476 e. The van der Waals surface area contributed by atoms with E-state index in [1.807, 2.05) is 0 Å². The molecule has 0 N–H and O–H groups in total. The number of rotatable bonds is 5. The van der Waals surface area contributed by atoms with Crippen LogP contribution in [0.3, 0.4) is 0 Å². The summed E-state index contributed by atoms with van der Waals surface area (Å²) in [7, 11) is 0. The molecule has 1 saturated carbocycles. The van der Waals surface area contributed by atoms with Gasteiger partial charge in [-0.15, -0.1) is 4.37 Å². The van der Waals surface area contributed by atoms with Crippen molar-refractivity contribution >= 4 is 11.7 Å². The van der Waals surface area contributed by atoms with Crippen LogP contribution in [0.5, 0.6) is 5.88 Å². The van der Waals surface area contributed by atoms with Gasteiger partial charge in [0.1, 0.15) is 6.20 Å². The molecule has 0 atom stereocenters. The lowest BCUT2D eigenvalue weighted by Gasteiger charge is -2.24. The quantitative estimate of drug-likeness (QED) is 0.682. The molecule has 0 spiro atoms. The van der Waals surface area contributed by atoms with Crippen LogP contribution < -0.4 is 4.74 Å². The first kappa shape index (κ1) is 8.94. The van der Waals surface area contributed by atoms with Gasteiger partial charge >= 0.3 is 0 Å². The van der Waals surface area contributed by atoms with Crippen molar-refractivity contribution < 1.29 is 4.74 Å². The van der Waals surface area contributed by atoms with Gasteiger partial charge in [0, 0.05) is 0 Å². The Hall–Kier alpha value is -0.640. The molecule has 0 saturated heterocycles. The van der Waals surface area contributed by atoms with Gasteiger partial charge in [-0.05, 0) is 18.8 Å². The smallest absolute Gasteiger partial charge is 0.245 e. The van der Waals surface area contributed by atoms with Gasteiger partial charge in [-0.1, -0.05) is 19.3 Å². The van der Waals surface area contributed by atoms with Gasteiger partial charge in [-0.2, -0.15) is 4.37 Å². The first-order valence-electron chi connectivity index (χ1n) is 4.85. The molecule has 1 aromatic heterocycles. The monoisotopic (exact) mass is 198 g/mol. The second kappa shape index (κ2) is 4.56. The third kappa shape index (κ3) is 2.66. The summed E-state index contributed by atoms with van der Waals surface area (Å²) in [6.45, 7) is 0.794. The van der Waals surface area contributed by atoms with Crippen molar-refractivity contribution in [1.82, 2.24) is 8.75 Å². The summed E-state index contributed by atoms with van der Waals surface area (Å²) in [5.41, 5.74) is 0. The van der Waals surface area contributed by atoms with E-state index in [-0.39, 0.29) is 0 Å². The lowest BCUT2D eigenvalue weighted by Crippen LogP contribution is -2.12. The minimum atomic E-state index is 0.679. The van der Waals surface area contributed by atoms with Gasteiger partial charge < -0.3 is 4.74 Å². The highest BCUT2D eigenvalue weighted by molar-refractivity contribution is 6.99. The molecule has 4 heteroatoms. The first-order chi connectivity index (χ1) is 6.45. The van der Waals surface area contributed by atoms with Crippen molar-refractivity contribution in [3.05, 3.63) is 6.20 Å². The van der Waals surface area contributed by atoms with E-state index in [9.17, 15) is 0 Å². The molecule has 2 rings (SSSR count). The summed E-state index contributed by atoms with van der Waals surface area (Å²) < 4.78 is 13.2. The van der Waals surface area contributed by atoms with Crippen LogP contribution >= 0.6 is 11.7 Å². The highest BCUT2D eigenvalue weighted by Crippen LogP contribution is 2.30. The number of aromatic nitrogens is 2. The first-order valence-corrected chi connectivity index (χ1v) is 5.58. The number of ether oxygens (including phenoxy) is 1. The predicted octanol–water partition coefficient (Wildman–Crippen LogP) is 2.50. The molecule has 0 aromatic carbocycles. The molecule has 72 valence electrons. The van der Waals surface area contributed by atoms with E-state index in [0.717, 1.165) is 18.9 Å². The van der Waals surface area contributed by atoms with Crippen LogP contribution in [0.1, 0.15) is 32.1 Å². The van der Waals surface area contributed by atoms with Crippen LogP contribution in [0.25, 0.3) is 0 Å². The Morgan fingerprint density at radius 3 is 3.08 bits per heavy atom. The van der Waals surface area contributed by atoms with Gasteiger partial charge in [-0.3, -0.25) is 0 Å². The molecule has 1 aliphatic rings. The molecular formula is C9H14N2OS. The van der Waals surface area contributed by atoms with Gasteiger partial charge in [0.2, 0.25) is 5.88 Å². The van der Waals surface area contributed by atoms with Crippen LogP contribution in [0.15, 0.2) is 6.20 Å². The molecule has 0 aliphatic heterocycles. The maximum absolute atomic E-state index is 5.40. The molecule has 3 nitrogen and oxygen atoms in total. The lowest BCUT2D eigenvalue weighted by molar-refractivity contribution is 0.243. The zero-order valence-electron chi connectivity index (χ0n) is 7.61. The molecule has 1 fully saturated rings. The zero-order chi connectivity index (χ0) is 8.93. The molecular weight excluding hydrogens is 184 g/mol. The average molecular weight is 198 g/mol. The summed E-state index contributed by atoms with van der Waals surface area (Å²) in [5, 5.41) is 0. The second-order valence-electron chi connectivity index (χ2n) is 3.53. The number of nitrogens with zero attached hydrogens (tertiary/aromatic N) is 2. The third-order valence-electron chi connectivity index (χ3n) is 2.57. The highest BCUT2D eigenvalue weighted by atomic mass is 32.1. The maximum atomic E-state index is 5.40. The Morgan fingerprint density at radius 2 is 2.46 bits per heavy atom. The molecule has 0 bridgehead atoms.